The van der Waals surface area contributed by atoms with Crippen molar-refractivity contribution in [3.05, 3.63) is 71.5 Å². The first-order chi connectivity index (χ1) is 9.70. The summed E-state index contributed by atoms with van der Waals surface area (Å²) in [6, 6.07) is 17.6. The number of rotatable bonds is 2. The summed E-state index contributed by atoms with van der Waals surface area (Å²) in [7, 11) is 0. The summed E-state index contributed by atoms with van der Waals surface area (Å²) in [5, 5.41) is 2.41. The van der Waals surface area contributed by atoms with Gasteiger partial charge < -0.3 is 5.73 Å². The molecule has 0 aliphatic rings. The zero-order valence-electron chi connectivity index (χ0n) is 11.4. The molecular weight excluding hydrogens is 249 g/mol. The van der Waals surface area contributed by atoms with Gasteiger partial charge in [0.2, 0.25) is 0 Å². The van der Waals surface area contributed by atoms with Gasteiger partial charge in [-0.3, -0.25) is 0 Å². The van der Waals surface area contributed by atoms with E-state index in [1.54, 1.807) is 0 Å². The van der Waals surface area contributed by atoms with Gasteiger partial charge in [0, 0.05) is 12.1 Å². The highest BCUT2D eigenvalue weighted by atomic mass is 19.1. The number of aryl methyl sites for hydroxylation is 1. The molecule has 3 aromatic carbocycles. The Morgan fingerprint density at radius 3 is 2.45 bits per heavy atom. The second-order valence-corrected chi connectivity index (χ2v) is 4.99. The molecule has 0 atom stereocenters. The molecule has 0 aliphatic carbocycles. The molecule has 0 saturated heterocycles. The van der Waals surface area contributed by atoms with Crippen molar-refractivity contribution in [1.29, 1.82) is 0 Å². The van der Waals surface area contributed by atoms with E-state index in [2.05, 4.69) is 31.2 Å². The summed E-state index contributed by atoms with van der Waals surface area (Å²) >= 11 is 0. The molecule has 0 aromatic heterocycles. The summed E-state index contributed by atoms with van der Waals surface area (Å²) in [6.07, 6.45) is 0. The van der Waals surface area contributed by atoms with Gasteiger partial charge in [0.1, 0.15) is 5.82 Å². The number of halogens is 1. The molecule has 1 nitrogen and oxygen atoms in total. The van der Waals surface area contributed by atoms with Crippen molar-refractivity contribution in [2.75, 3.05) is 0 Å². The average Bonchev–Trinajstić information content (AvgIpc) is 2.49. The van der Waals surface area contributed by atoms with Gasteiger partial charge in [-0.05, 0) is 46.5 Å². The zero-order chi connectivity index (χ0) is 14.1. The van der Waals surface area contributed by atoms with Crippen molar-refractivity contribution in [1.82, 2.24) is 0 Å². The zero-order valence-corrected chi connectivity index (χ0v) is 11.4. The first-order valence-corrected chi connectivity index (χ1v) is 6.68. The highest BCUT2D eigenvalue weighted by Crippen LogP contribution is 2.31. The Kier molecular flexibility index (Phi) is 3.25. The van der Waals surface area contributed by atoms with E-state index in [1.807, 2.05) is 24.3 Å². The maximum Gasteiger partial charge on any atom is 0.127 e. The summed E-state index contributed by atoms with van der Waals surface area (Å²) in [4.78, 5) is 0. The van der Waals surface area contributed by atoms with Crippen LogP contribution in [-0.2, 0) is 6.54 Å². The third kappa shape index (κ3) is 2.08. The maximum absolute atomic E-state index is 13.6. The molecule has 0 saturated carbocycles. The van der Waals surface area contributed by atoms with Gasteiger partial charge in [-0.15, -0.1) is 0 Å². The SMILES string of the molecule is Cc1ccc(-c2ccc(F)c(CN)c2)c2ccccc12. The highest BCUT2D eigenvalue weighted by Gasteiger charge is 2.08. The van der Waals surface area contributed by atoms with E-state index in [4.69, 9.17) is 5.73 Å². The standard InChI is InChI=1S/C18H16FN/c1-12-6-8-16(17-5-3-2-4-15(12)17)13-7-9-18(19)14(10-13)11-20/h2-10H,11,20H2,1H3. The topological polar surface area (TPSA) is 26.0 Å². The largest absolute Gasteiger partial charge is 0.326 e. The minimum Gasteiger partial charge on any atom is -0.326 e. The van der Waals surface area contributed by atoms with Crippen LogP contribution in [-0.4, -0.2) is 0 Å². The lowest BCUT2D eigenvalue weighted by molar-refractivity contribution is 0.611. The third-order valence-electron chi connectivity index (χ3n) is 3.72. The fraction of sp³-hybridized carbons (Fsp3) is 0.111. The number of fused-ring (bicyclic) bond motifs is 1. The van der Waals surface area contributed by atoms with Crippen LogP contribution in [0.3, 0.4) is 0 Å². The van der Waals surface area contributed by atoms with Crippen LogP contribution in [0.15, 0.2) is 54.6 Å². The Bertz CT molecular complexity index is 777. The molecule has 0 amide bonds. The number of benzene rings is 3. The van der Waals surface area contributed by atoms with Gasteiger partial charge in [0.05, 0.1) is 0 Å². The summed E-state index contributed by atoms with van der Waals surface area (Å²) in [5.41, 5.74) is 9.50. The number of hydrogen-bond donors (Lipinski definition) is 1. The van der Waals surface area contributed by atoms with Crippen LogP contribution in [0.2, 0.25) is 0 Å². The van der Waals surface area contributed by atoms with Gasteiger partial charge in [-0.2, -0.15) is 0 Å². The molecule has 2 heteroatoms. The van der Waals surface area contributed by atoms with E-state index in [9.17, 15) is 4.39 Å². The molecule has 3 aromatic rings. The molecule has 0 bridgehead atoms. The Balaban J connectivity index is 2.27. The van der Waals surface area contributed by atoms with Crippen LogP contribution < -0.4 is 5.73 Å². The fourth-order valence-electron chi connectivity index (χ4n) is 2.60. The van der Waals surface area contributed by atoms with Crippen molar-refractivity contribution in [2.24, 2.45) is 5.73 Å². The molecule has 0 heterocycles. The summed E-state index contributed by atoms with van der Waals surface area (Å²) < 4.78 is 13.6. The second-order valence-electron chi connectivity index (χ2n) is 4.99. The fourth-order valence-corrected chi connectivity index (χ4v) is 2.60. The van der Waals surface area contributed by atoms with Crippen LogP contribution in [0.5, 0.6) is 0 Å². The molecule has 0 fully saturated rings. The lowest BCUT2D eigenvalue weighted by Crippen LogP contribution is -2.00. The maximum atomic E-state index is 13.6. The quantitative estimate of drug-likeness (QED) is 0.729. The van der Waals surface area contributed by atoms with E-state index < -0.39 is 0 Å². The van der Waals surface area contributed by atoms with Crippen LogP contribution in [0, 0.1) is 12.7 Å². The summed E-state index contributed by atoms with van der Waals surface area (Å²) in [6.45, 7) is 2.31. The van der Waals surface area contributed by atoms with Crippen molar-refractivity contribution in [3.8, 4) is 11.1 Å². The molecule has 0 radical (unpaired) electrons. The Labute approximate surface area is 117 Å². The van der Waals surface area contributed by atoms with Crippen molar-refractivity contribution in [3.63, 3.8) is 0 Å². The van der Waals surface area contributed by atoms with E-state index >= 15 is 0 Å². The van der Waals surface area contributed by atoms with E-state index in [0.29, 0.717) is 5.56 Å². The monoisotopic (exact) mass is 265 g/mol. The molecule has 0 unspecified atom stereocenters. The van der Waals surface area contributed by atoms with Gasteiger partial charge in [-0.1, -0.05) is 42.5 Å². The second kappa shape index (κ2) is 5.06. The van der Waals surface area contributed by atoms with Gasteiger partial charge in [0.15, 0.2) is 0 Å². The number of hydrogen-bond acceptors (Lipinski definition) is 1. The van der Waals surface area contributed by atoms with Crippen LogP contribution >= 0.6 is 0 Å². The molecule has 0 aliphatic heterocycles. The Morgan fingerprint density at radius 2 is 1.70 bits per heavy atom. The van der Waals surface area contributed by atoms with Crippen LogP contribution in [0.25, 0.3) is 21.9 Å². The number of nitrogens with two attached hydrogens (primary N) is 1. The Morgan fingerprint density at radius 1 is 0.950 bits per heavy atom. The first-order valence-electron chi connectivity index (χ1n) is 6.68. The van der Waals surface area contributed by atoms with E-state index in [-0.39, 0.29) is 12.4 Å². The molecule has 100 valence electrons. The van der Waals surface area contributed by atoms with Crippen LogP contribution in [0.4, 0.5) is 4.39 Å². The third-order valence-corrected chi connectivity index (χ3v) is 3.72. The lowest BCUT2D eigenvalue weighted by atomic mass is 9.94. The van der Waals surface area contributed by atoms with Crippen molar-refractivity contribution in [2.45, 2.75) is 13.5 Å². The predicted molar refractivity (Wildman–Crippen MR) is 82.0 cm³/mol. The average molecular weight is 265 g/mol. The Hall–Kier alpha value is -2.19. The van der Waals surface area contributed by atoms with Crippen molar-refractivity contribution >= 4 is 10.8 Å². The molecule has 3 rings (SSSR count). The smallest absolute Gasteiger partial charge is 0.127 e. The van der Waals surface area contributed by atoms with Gasteiger partial charge >= 0.3 is 0 Å². The predicted octanol–water partition coefficient (Wildman–Crippen LogP) is 4.41. The molecule has 0 spiro atoms. The highest BCUT2D eigenvalue weighted by molar-refractivity contribution is 5.98. The van der Waals surface area contributed by atoms with E-state index in [0.717, 1.165) is 11.1 Å². The minimum absolute atomic E-state index is 0.212. The van der Waals surface area contributed by atoms with Crippen LogP contribution in [0.1, 0.15) is 11.1 Å². The first kappa shape index (κ1) is 12.8. The molecular formula is C18H16FN. The van der Waals surface area contributed by atoms with Gasteiger partial charge in [-0.25, -0.2) is 4.39 Å². The summed E-state index contributed by atoms with van der Waals surface area (Å²) in [5.74, 6) is -0.243. The van der Waals surface area contributed by atoms with E-state index in [1.165, 1.54) is 22.4 Å². The molecule has 20 heavy (non-hydrogen) atoms. The van der Waals surface area contributed by atoms with Crippen molar-refractivity contribution < 1.29 is 4.39 Å². The minimum atomic E-state index is -0.243. The lowest BCUT2D eigenvalue weighted by Gasteiger charge is -2.11. The molecule has 2 N–H and O–H groups in total. The van der Waals surface area contributed by atoms with Gasteiger partial charge in [0.25, 0.3) is 0 Å². The normalized spacial score (nSPS) is 10.9.